The van der Waals surface area contributed by atoms with Crippen LogP contribution in [-0.2, 0) is 18.1 Å². The van der Waals surface area contributed by atoms with Crippen LogP contribution in [0.3, 0.4) is 0 Å². The molecule has 2 aliphatic heterocycles. The summed E-state index contributed by atoms with van der Waals surface area (Å²) in [7, 11) is 0. The number of fused-ring (bicyclic) bond motifs is 1. The second-order valence-corrected chi connectivity index (χ2v) is 11.4. The summed E-state index contributed by atoms with van der Waals surface area (Å²) in [6.45, 7) is 5.61. The number of nitrogens with two attached hydrogens (primary N) is 1. The number of thioether (sulfide) groups is 1. The van der Waals surface area contributed by atoms with Crippen LogP contribution in [0.5, 0.6) is 0 Å². The number of hydrogen-bond donors (Lipinski definition) is 1. The molecule has 2 fully saturated rings. The lowest BCUT2D eigenvalue weighted by Crippen LogP contribution is -2.31. The van der Waals surface area contributed by atoms with Gasteiger partial charge in [0.1, 0.15) is 17.0 Å². The van der Waals surface area contributed by atoms with Crippen LogP contribution in [0.15, 0.2) is 36.7 Å². The predicted octanol–water partition coefficient (Wildman–Crippen LogP) is 4.76. The van der Waals surface area contributed by atoms with Gasteiger partial charge in [0.05, 0.1) is 5.39 Å². The van der Waals surface area contributed by atoms with Crippen molar-refractivity contribution in [2.75, 3.05) is 37.3 Å². The van der Waals surface area contributed by atoms with Gasteiger partial charge in [0, 0.05) is 48.0 Å². The smallest absolute Gasteiger partial charge is 0.140 e. The third-order valence-corrected chi connectivity index (χ3v) is 8.91. The van der Waals surface area contributed by atoms with Crippen molar-refractivity contribution in [3.05, 3.63) is 52.7 Å². The van der Waals surface area contributed by atoms with Crippen LogP contribution in [0.1, 0.15) is 28.8 Å². The highest BCUT2D eigenvalue weighted by Gasteiger charge is 2.44. The van der Waals surface area contributed by atoms with Crippen molar-refractivity contribution in [1.82, 2.24) is 14.9 Å². The number of nitrogens with zero attached hydrogens (tertiary/aromatic N) is 4. The van der Waals surface area contributed by atoms with Gasteiger partial charge in [0.25, 0.3) is 0 Å². The maximum atomic E-state index is 5.59. The van der Waals surface area contributed by atoms with Gasteiger partial charge < -0.3 is 4.90 Å². The molecule has 31 heavy (non-hydrogen) atoms. The number of thiophene rings is 1. The highest BCUT2D eigenvalue weighted by atomic mass is 32.2. The molecule has 8 heteroatoms. The van der Waals surface area contributed by atoms with Crippen LogP contribution in [-0.4, -0.2) is 47.3 Å². The monoisotopic (exact) mass is 471 g/mol. The third kappa shape index (κ3) is 4.59. The summed E-state index contributed by atoms with van der Waals surface area (Å²) in [4.78, 5) is 16.9. The molecular formula is C23H29N5S3. The second kappa shape index (κ2) is 9.27. The number of anilines is 1. The molecule has 2 aliphatic rings. The van der Waals surface area contributed by atoms with Crippen molar-refractivity contribution in [2.24, 2.45) is 10.6 Å². The molecular weight excluding hydrogens is 442 g/mol. The maximum absolute atomic E-state index is 5.59. The van der Waals surface area contributed by atoms with E-state index in [0.29, 0.717) is 5.41 Å². The number of benzene rings is 1. The molecule has 5 rings (SSSR count). The van der Waals surface area contributed by atoms with E-state index in [-0.39, 0.29) is 0 Å². The number of aromatic nitrogens is 2. The zero-order chi connectivity index (χ0) is 21.3. The average Bonchev–Trinajstić information content (AvgIpc) is 3.48. The van der Waals surface area contributed by atoms with Gasteiger partial charge in [0.2, 0.25) is 0 Å². The molecule has 1 unspecified atom stereocenters. The van der Waals surface area contributed by atoms with E-state index in [0.717, 1.165) is 41.8 Å². The van der Waals surface area contributed by atoms with E-state index in [9.17, 15) is 0 Å². The zero-order valence-electron chi connectivity index (χ0n) is 17.9. The molecule has 1 aromatic carbocycles. The summed E-state index contributed by atoms with van der Waals surface area (Å²) >= 11 is 5.06. The first kappa shape index (κ1) is 21.5. The molecule has 1 atom stereocenters. The number of likely N-dealkylation sites (tertiary alicyclic amines) is 1. The van der Waals surface area contributed by atoms with Gasteiger partial charge in [0.15, 0.2) is 0 Å². The topological polar surface area (TPSA) is 58.3 Å². The van der Waals surface area contributed by atoms with Gasteiger partial charge in [-0.2, -0.15) is 11.8 Å². The molecule has 0 amide bonds. The fourth-order valence-electron chi connectivity index (χ4n) is 5.07. The minimum Gasteiger partial charge on any atom is -0.355 e. The first-order valence-electron chi connectivity index (χ1n) is 10.8. The Bertz CT molecular complexity index is 1040. The van der Waals surface area contributed by atoms with Crippen LogP contribution in [0.2, 0.25) is 0 Å². The Morgan fingerprint density at radius 1 is 1.06 bits per heavy atom. The molecule has 0 aliphatic carbocycles. The van der Waals surface area contributed by atoms with Gasteiger partial charge >= 0.3 is 0 Å². The molecule has 4 heterocycles. The molecule has 0 saturated carbocycles. The highest BCUT2D eigenvalue weighted by molar-refractivity contribution is 7.97. The molecule has 5 nitrogen and oxygen atoms in total. The summed E-state index contributed by atoms with van der Waals surface area (Å²) < 4.78 is 0. The summed E-state index contributed by atoms with van der Waals surface area (Å²) in [6.07, 6.45) is 6.43. The zero-order valence-corrected chi connectivity index (χ0v) is 20.4. The SMILES string of the molecule is CSCc1cc2c(N3CCC4(CCN(Cc5ccc(CSN)cc5)C4)C3)ncnc2s1. The fraction of sp³-hybridized carbons (Fsp3) is 0.478. The van der Waals surface area contributed by atoms with Gasteiger partial charge in [-0.1, -0.05) is 36.2 Å². The number of rotatable bonds is 7. The van der Waals surface area contributed by atoms with Crippen molar-refractivity contribution in [1.29, 1.82) is 0 Å². The quantitative estimate of drug-likeness (QED) is 0.498. The van der Waals surface area contributed by atoms with E-state index in [2.05, 4.69) is 51.4 Å². The molecule has 2 aromatic heterocycles. The fourth-order valence-corrected chi connectivity index (χ4v) is 7.19. The lowest BCUT2D eigenvalue weighted by Gasteiger charge is -2.25. The van der Waals surface area contributed by atoms with Crippen molar-refractivity contribution in [3.8, 4) is 0 Å². The Morgan fingerprint density at radius 2 is 1.87 bits per heavy atom. The molecule has 2 N–H and O–H groups in total. The molecule has 0 radical (unpaired) electrons. The van der Waals surface area contributed by atoms with E-state index in [1.807, 2.05) is 23.1 Å². The number of hydrogen-bond acceptors (Lipinski definition) is 8. The van der Waals surface area contributed by atoms with Gasteiger partial charge in [-0.25, -0.2) is 9.97 Å². The second-order valence-electron chi connectivity index (χ2n) is 8.82. The standard InChI is InChI=1S/C23H29N5S3/c1-29-13-19-10-20-21(25-16-26-22(20)31-19)28-9-7-23(15-28)6-8-27(14-23)11-17-2-4-18(5-3-17)12-30-24/h2-5,10,16H,6-9,11-15,24H2,1H3. The van der Waals surface area contributed by atoms with Gasteiger partial charge in [-0.3, -0.25) is 10.0 Å². The molecule has 3 aromatic rings. The normalized spacial score (nSPS) is 21.7. The lowest BCUT2D eigenvalue weighted by molar-refractivity contribution is 0.270. The van der Waals surface area contributed by atoms with Crippen LogP contribution in [0.25, 0.3) is 10.2 Å². The van der Waals surface area contributed by atoms with Crippen molar-refractivity contribution in [3.63, 3.8) is 0 Å². The first-order chi connectivity index (χ1) is 15.2. The van der Waals surface area contributed by atoms with Crippen LogP contribution < -0.4 is 10.0 Å². The van der Waals surface area contributed by atoms with E-state index in [4.69, 9.17) is 10.1 Å². The Labute approximate surface area is 196 Å². The van der Waals surface area contributed by atoms with Crippen LogP contribution in [0.4, 0.5) is 5.82 Å². The molecule has 2 saturated heterocycles. The Kier molecular flexibility index (Phi) is 6.44. The summed E-state index contributed by atoms with van der Waals surface area (Å²) in [6, 6.07) is 11.3. The van der Waals surface area contributed by atoms with E-state index < -0.39 is 0 Å². The molecule has 0 bridgehead atoms. The molecule has 1 spiro atoms. The third-order valence-electron chi connectivity index (χ3n) is 6.58. The summed E-state index contributed by atoms with van der Waals surface area (Å²) in [5, 5.41) is 6.83. The highest BCUT2D eigenvalue weighted by Crippen LogP contribution is 2.43. The predicted molar refractivity (Wildman–Crippen MR) is 136 cm³/mol. The Morgan fingerprint density at radius 3 is 2.68 bits per heavy atom. The molecule has 164 valence electrons. The largest absolute Gasteiger partial charge is 0.355 e. The minimum absolute atomic E-state index is 0.394. The summed E-state index contributed by atoms with van der Waals surface area (Å²) in [5.41, 5.74) is 3.09. The first-order valence-corrected chi connectivity index (χ1v) is 14.0. The van der Waals surface area contributed by atoms with Crippen molar-refractivity contribution in [2.45, 2.75) is 30.9 Å². The van der Waals surface area contributed by atoms with Gasteiger partial charge in [-0.05, 0) is 42.8 Å². The van der Waals surface area contributed by atoms with Crippen LogP contribution in [0, 0.1) is 5.41 Å². The van der Waals surface area contributed by atoms with Crippen molar-refractivity contribution >= 4 is 51.1 Å². The Balaban J connectivity index is 1.26. The minimum atomic E-state index is 0.394. The van der Waals surface area contributed by atoms with Crippen molar-refractivity contribution < 1.29 is 0 Å². The van der Waals surface area contributed by atoms with Gasteiger partial charge in [-0.15, -0.1) is 11.3 Å². The van der Waals surface area contributed by atoms with E-state index >= 15 is 0 Å². The summed E-state index contributed by atoms with van der Waals surface area (Å²) in [5.74, 6) is 3.06. The van der Waals surface area contributed by atoms with Crippen LogP contribution >= 0.6 is 35.0 Å². The average molecular weight is 472 g/mol. The lowest BCUT2D eigenvalue weighted by atomic mass is 9.86. The maximum Gasteiger partial charge on any atom is 0.140 e. The Hall–Kier alpha value is -1.32. The van der Waals surface area contributed by atoms with E-state index in [1.165, 1.54) is 59.3 Å². The van der Waals surface area contributed by atoms with E-state index in [1.54, 1.807) is 6.33 Å².